The molecule has 0 atom stereocenters. The Balaban J connectivity index is 1.55. The molecule has 3 aromatic heterocycles. The smallest absolute Gasteiger partial charge is 0.268 e. The summed E-state index contributed by atoms with van der Waals surface area (Å²) in [6.07, 6.45) is 0. The Kier molecular flexibility index (Phi) is 3.43. The Bertz CT molecular complexity index is 927. The second-order valence-electron chi connectivity index (χ2n) is 4.95. The Hall–Kier alpha value is -2.87. The number of aryl methyl sites for hydroxylation is 1. The maximum absolute atomic E-state index is 5.25. The summed E-state index contributed by atoms with van der Waals surface area (Å²) in [5.74, 6) is 1.61. The van der Waals surface area contributed by atoms with Crippen LogP contribution in [0.25, 0.3) is 22.2 Å². The van der Waals surface area contributed by atoms with Gasteiger partial charge in [-0.15, -0.1) is 21.5 Å². The van der Waals surface area contributed by atoms with Gasteiger partial charge in [-0.25, -0.2) is 0 Å². The predicted octanol–water partition coefficient (Wildman–Crippen LogP) is 2.81. The van der Waals surface area contributed by atoms with Crippen molar-refractivity contribution in [3.8, 4) is 22.2 Å². The summed E-state index contributed by atoms with van der Waals surface area (Å²) in [7, 11) is 0. The molecule has 4 aromatic rings. The normalized spacial score (nSPS) is 11.0. The average molecular weight is 324 g/mol. The molecular weight excluding hydrogens is 312 g/mol. The van der Waals surface area contributed by atoms with Gasteiger partial charge in [0.25, 0.3) is 5.89 Å². The Labute approximate surface area is 135 Å². The van der Waals surface area contributed by atoms with Gasteiger partial charge in [0.15, 0.2) is 5.82 Å². The minimum absolute atomic E-state index is 0.313. The largest absolute Gasteiger partial charge is 0.333 e. The second-order valence-corrected chi connectivity index (χ2v) is 5.90. The number of benzene rings is 1. The maximum Gasteiger partial charge on any atom is 0.268 e. The highest BCUT2D eigenvalue weighted by molar-refractivity contribution is 7.13. The topological polar surface area (TPSA) is 82.5 Å². The van der Waals surface area contributed by atoms with Gasteiger partial charge in [-0.05, 0) is 29.1 Å². The van der Waals surface area contributed by atoms with Crippen LogP contribution < -0.4 is 0 Å². The van der Waals surface area contributed by atoms with Gasteiger partial charge in [0.1, 0.15) is 6.54 Å². The Morgan fingerprint density at radius 1 is 1.17 bits per heavy atom. The summed E-state index contributed by atoms with van der Waals surface area (Å²) in [5, 5.41) is 18.5. The third kappa shape index (κ3) is 2.76. The van der Waals surface area contributed by atoms with Gasteiger partial charge < -0.3 is 4.52 Å². The molecule has 0 fully saturated rings. The van der Waals surface area contributed by atoms with Crippen LogP contribution in [0, 0.1) is 6.92 Å². The molecule has 0 saturated heterocycles. The summed E-state index contributed by atoms with van der Waals surface area (Å²) in [4.78, 5) is 6.76. The molecule has 0 bridgehead atoms. The minimum atomic E-state index is 0.313. The molecule has 0 N–H and O–H groups in total. The first-order chi connectivity index (χ1) is 11.3. The Morgan fingerprint density at radius 3 is 2.91 bits per heavy atom. The molecule has 0 spiro atoms. The number of hydrogen-bond donors (Lipinski definition) is 0. The number of nitrogens with zero attached hydrogens (tertiary/aromatic N) is 6. The second kappa shape index (κ2) is 5.73. The summed E-state index contributed by atoms with van der Waals surface area (Å²) in [5.41, 5.74) is 2.07. The first kappa shape index (κ1) is 13.8. The van der Waals surface area contributed by atoms with Crippen molar-refractivity contribution in [1.82, 2.24) is 30.3 Å². The summed E-state index contributed by atoms with van der Waals surface area (Å²) < 4.78 is 5.25. The predicted molar refractivity (Wildman–Crippen MR) is 84.7 cm³/mol. The van der Waals surface area contributed by atoms with Crippen molar-refractivity contribution in [2.24, 2.45) is 0 Å². The van der Waals surface area contributed by atoms with Crippen molar-refractivity contribution in [3.05, 3.63) is 53.2 Å². The molecule has 0 amide bonds. The molecule has 0 radical (unpaired) electrons. The van der Waals surface area contributed by atoms with Crippen molar-refractivity contribution in [2.75, 3.05) is 0 Å². The molecule has 4 rings (SSSR count). The number of aromatic nitrogens is 6. The van der Waals surface area contributed by atoms with Gasteiger partial charge in [0, 0.05) is 5.56 Å². The third-order valence-corrected chi connectivity index (χ3v) is 4.18. The lowest BCUT2D eigenvalue weighted by atomic mass is 10.1. The summed E-state index contributed by atoms with van der Waals surface area (Å²) in [6.45, 7) is 2.33. The van der Waals surface area contributed by atoms with Crippen LogP contribution in [0.5, 0.6) is 0 Å². The molecule has 0 aliphatic heterocycles. The SMILES string of the molecule is Cc1ccccc1-c1nnn(Cc2noc(-c3cccs3)n2)n1. The van der Waals surface area contributed by atoms with Crippen LogP contribution in [-0.2, 0) is 6.54 Å². The van der Waals surface area contributed by atoms with Crippen LogP contribution in [0.2, 0.25) is 0 Å². The molecule has 7 nitrogen and oxygen atoms in total. The summed E-state index contributed by atoms with van der Waals surface area (Å²) >= 11 is 1.55. The molecule has 1 aromatic carbocycles. The molecule has 3 heterocycles. The highest BCUT2D eigenvalue weighted by atomic mass is 32.1. The zero-order chi connectivity index (χ0) is 15.6. The van der Waals surface area contributed by atoms with Crippen LogP contribution in [0.4, 0.5) is 0 Å². The van der Waals surface area contributed by atoms with E-state index in [1.807, 2.05) is 48.7 Å². The molecule has 114 valence electrons. The molecule has 0 unspecified atom stereocenters. The van der Waals surface area contributed by atoms with Crippen molar-refractivity contribution < 1.29 is 4.52 Å². The molecular formula is C15H12N6OS. The zero-order valence-electron chi connectivity index (χ0n) is 12.2. The van der Waals surface area contributed by atoms with E-state index < -0.39 is 0 Å². The number of tetrazole rings is 1. The van der Waals surface area contributed by atoms with Crippen LogP contribution in [0.1, 0.15) is 11.4 Å². The van der Waals surface area contributed by atoms with Crippen molar-refractivity contribution in [1.29, 1.82) is 0 Å². The first-order valence-electron chi connectivity index (χ1n) is 7.00. The van der Waals surface area contributed by atoms with E-state index >= 15 is 0 Å². The lowest BCUT2D eigenvalue weighted by Crippen LogP contribution is -2.05. The van der Waals surface area contributed by atoms with E-state index in [0.717, 1.165) is 16.0 Å². The van der Waals surface area contributed by atoms with E-state index in [1.54, 1.807) is 11.3 Å². The quantitative estimate of drug-likeness (QED) is 0.574. The van der Waals surface area contributed by atoms with Crippen LogP contribution >= 0.6 is 11.3 Å². The maximum atomic E-state index is 5.25. The van der Waals surface area contributed by atoms with E-state index in [2.05, 4.69) is 25.6 Å². The standard InChI is InChI=1S/C15H12N6OS/c1-10-5-2-3-6-11(10)14-17-20-21(18-14)9-13-16-15(22-19-13)12-7-4-8-23-12/h2-8H,9H2,1H3. The third-order valence-electron chi connectivity index (χ3n) is 3.32. The highest BCUT2D eigenvalue weighted by Gasteiger charge is 2.13. The first-order valence-corrected chi connectivity index (χ1v) is 7.88. The van der Waals surface area contributed by atoms with Gasteiger partial charge >= 0.3 is 0 Å². The van der Waals surface area contributed by atoms with Crippen LogP contribution in [-0.4, -0.2) is 30.3 Å². The minimum Gasteiger partial charge on any atom is -0.333 e. The fourth-order valence-corrected chi connectivity index (χ4v) is 2.83. The van der Waals surface area contributed by atoms with E-state index in [9.17, 15) is 0 Å². The average Bonchev–Trinajstić information content (AvgIpc) is 3.29. The number of rotatable bonds is 4. The van der Waals surface area contributed by atoms with Crippen molar-refractivity contribution in [3.63, 3.8) is 0 Å². The van der Waals surface area contributed by atoms with Crippen LogP contribution in [0.3, 0.4) is 0 Å². The van der Waals surface area contributed by atoms with Gasteiger partial charge in [-0.3, -0.25) is 0 Å². The van der Waals surface area contributed by atoms with Crippen molar-refractivity contribution >= 4 is 11.3 Å². The lowest BCUT2D eigenvalue weighted by molar-refractivity contribution is 0.415. The highest BCUT2D eigenvalue weighted by Crippen LogP contribution is 2.22. The molecule has 8 heteroatoms. The van der Waals surface area contributed by atoms with Crippen LogP contribution in [0.15, 0.2) is 46.3 Å². The monoisotopic (exact) mass is 324 g/mol. The molecule has 23 heavy (non-hydrogen) atoms. The lowest BCUT2D eigenvalue weighted by Gasteiger charge is -1.98. The van der Waals surface area contributed by atoms with E-state index in [1.165, 1.54) is 4.80 Å². The zero-order valence-corrected chi connectivity index (χ0v) is 13.1. The van der Waals surface area contributed by atoms with Gasteiger partial charge in [-0.2, -0.15) is 9.78 Å². The van der Waals surface area contributed by atoms with Gasteiger partial charge in [-0.1, -0.05) is 35.5 Å². The molecule has 0 aliphatic carbocycles. The van der Waals surface area contributed by atoms with Crippen molar-refractivity contribution in [2.45, 2.75) is 13.5 Å². The van der Waals surface area contributed by atoms with E-state index in [4.69, 9.17) is 4.52 Å². The molecule has 0 saturated carbocycles. The fraction of sp³-hybridized carbons (Fsp3) is 0.133. The Morgan fingerprint density at radius 2 is 2.09 bits per heavy atom. The van der Waals surface area contributed by atoms with E-state index in [0.29, 0.717) is 24.1 Å². The molecule has 0 aliphatic rings. The fourth-order valence-electron chi connectivity index (χ4n) is 2.19. The van der Waals surface area contributed by atoms with E-state index in [-0.39, 0.29) is 0 Å². The number of thiophene rings is 1. The number of hydrogen-bond acceptors (Lipinski definition) is 7. The van der Waals surface area contributed by atoms with Gasteiger partial charge in [0.05, 0.1) is 4.88 Å². The van der Waals surface area contributed by atoms with Gasteiger partial charge in [0.2, 0.25) is 5.82 Å². The summed E-state index contributed by atoms with van der Waals surface area (Å²) in [6, 6.07) is 11.8.